The van der Waals surface area contributed by atoms with E-state index < -0.39 is 0 Å². The molecule has 0 aliphatic rings. The first-order chi connectivity index (χ1) is 13.8. The van der Waals surface area contributed by atoms with Gasteiger partial charge in [-0.2, -0.15) is 0 Å². The lowest BCUT2D eigenvalue weighted by Gasteiger charge is -2.39. The summed E-state index contributed by atoms with van der Waals surface area (Å²) in [5.74, 6) is 0.275. The lowest BCUT2D eigenvalue weighted by molar-refractivity contribution is -0.897. The van der Waals surface area contributed by atoms with Gasteiger partial charge in [-0.25, -0.2) is 0 Å². The van der Waals surface area contributed by atoms with Crippen LogP contribution in [0.25, 0.3) is 0 Å². The summed E-state index contributed by atoms with van der Waals surface area (Å²) in [6.07, 6.45) is 0. The van der Waals surface area contributed by atoms with E-state index in [0.29, 0.717) is 19.3 Å². The number of hydrogen-bond donors (Lipinski definition) is 0. The third-order valence-corrected chi connectivity index (χ3v) is 5.54. The highest BCUT2D eigenvalue weighted by atomic mass is 16.5. The lowest BCUT2D eigenvalue weighted by Crippen LogP contribution is -2.51. The van der Waals surface area contributed by atoms with Crippen LogP contribution in [0.2, 0.25) is 0 Å². The van der Waals surface area contributed by atoms with Crippen LogP contribution in [0.15, 0.2) is 78.9 Å². The Kier molecular flexibility index (Phi) is 6.89. The fraction of sp³-hybridized carbons (Fsp3) is 0.333. The molecule has 0 aliphatic heterocycles. The largest absolute Gasteiger partial charge is 0.371 e. The molecule has 1 unspecified atom stereocenters. The van der Waals surface area contributed by atoms with Crippen LogP contribution in [0.4, 0.5) is 0 Å². The van der Waals surface area contributed by atoms with Gasteiger partial charge in [0.2, 0.25) is 0 Å². The van der Waals surface area contributed by atoms with Crippen LogP contribution in [-0.4, -0.2) is 38.3 Å². The molecule has 152 valence electrons. The molecule has 0 N–H and O–H groups in total. The molecule has 0 bridgehead atoms. The number of rotatable bonds is 8. The van der Waals surface area contributed by atoms with Gasteiger partial charge in [-0.3, -0.25) is 0 Å². The van der Waals surface area contributed by atoms with E-state index in [1.807, 2.05) is 0 Å². The molecule has 29 heavy (non-hydrogen) atoms. The number of quaternary nitrogens is 1. The summed E-state index contributed by atoms with van der Waals surface area (Å²) in [6, 6.07) is 28.6. The van der Waals surface area contributed by atoms with Gasteiger partial charge in [0.1, 0.15) is 6.04 Å². The van der Waals surface area contributed by atoms with E-state index in [9.17, 15) is 0 Å². The minimum atomic E-state index is 0.275. The highest BCUT2D eigenvalue weighted by Crippen LogP contribution is 2.32. The fourth-order valence-corrected chi connectivity index (χ4v) is 4.17. The zero-order valence-corrected chi connectivity index (χ0v) is 18.4. The molecule has 3 aromatic rings. The Hall–Kier alpha value is -2.42. The summed E-state index contributed by atoms with van der Waals surface area (Å²) in [6.45, 7) is 5.64. The van der Waals surface area contributed by atoms with Crippen molar-refractivity contribution in [3.05, 3.63) is 107 Å². The van der Waals surface area contributed by atoms with E-state index in [1.54, 1.807) is 0 Å². The maximum atomic E-state index is 6.33. The molecule has 0 amide bonds. The topological polar surface area (TPSA) is 9.23 Å². The van der Waals surface area contributed by atoms with E-state index >= 15 is 0 Å². The van der Waals surface area contributed by atoms with Crippen LogP contribution in [0.3, 0.4) is 0 Å². The van der Waals surface area contributed by atoms with Crippen LogP contribution >= 0.6 is 0 Å². The normalized spacial score (nSPS) is 12.9. The summed E-state index contributed by atoms with van der Waals surface area (Å²) < 4.78 is 7.16. The maximum absolute atomic E-state index is 6.33. The van der Waals surface area contributed by atoms with Crippen molar-refractivity contribution in [1.29, 1.82) is 0 Å². The molecule has 0 fully saturated rings. The van der Waals surface area contributed by atoms with Crippen molar-refractivity contribution >= 4 is 0 Å². The lowest BCUT2D eigenvalue weighted by atomic mass is 9.84. The summed E-state index contributed by atoms with van der Waals surface area (Å²) in [7, 11) is 6.80. The second-order valence-electron chi connectivity index (χ2n) is 8.99. The zero-order valence-electron chi connectivity index (χ0n) is 18.4. The summed E-state index contributed by atoms with van der Waals surface area (Å²) >= 11 is 0. The Balaban J connectivity index is 1.86. The predicted molar refractivity (Wildman–Crippen MR) is 122 cm³/mol. The van der Waals surface area contributed by atoms with E-state index in [2.05, 4.69) is 114 Å². The molecule has 0 aromatic heterocycles. The standard InChI is InChI=1S/C27H34NO/c1-21-16-22(2)18-23(17-21)19-29-20-26(28(3,4)5)27(24-12-8-6-9-13-24)25-14-10-7-11-15-25/h6-18,26-27H,19-20H2,1-5H3/q+1. The van der Waals surface area contributed by atoms with Crippen LogP contribution in [0, 0.1) is 13.8 Å². The molecule has 0 heterocycles. The Morgan fingerprint density at radius 2 is 1.21 bits per heavy atom. The van der Waals surface area contributed by atoms with Crippen molar-refractivity contribution in [3.8, 4) is 0 Å². The van der Waals surface area contributed by atoms with Gasteiger partial charge in [-0.15, -0.1) is 0 Å². The maximum Gasteiger partial charge on any atom is 0.123 e. The molecule has 2 nitrogen and oxygen atoms in total. The molecule has 3 aromatic carbocycles. The molecular formula is C27H34NO+. The third kappa shape index (κ3) is 5.79. The molecule has 0 aliphatic carbocycles. The zero-order chi connectivity index (χ0) is 20.9. The fourth-order valence-electron chi connectivity index (χ4n) is 4.17. The molecule has 0 saturated carbocycles. The first-order valence-corrected chi connectivity index (χ1v) is 10.4. The Morgan fingerprint density at radius 1 is 0.724 bits per heavy atom. The average Bonchev–Trinajstić information content (AvgIpc) is 2.67. The van der Waals surface area contributed by atoms with Gasteiger partial charge in [0.05, 0.1) is 40.3 Å². The molecule has 3 rings (SSSR count). The number of hydrogen-bond acceptors (Lipinski definition) is 1. The van der Waals surface area contributed by atoms with Gasteiger partial charge in [0, 0.05) is 0 Å². The first-order valence-electron chi connectivity index (χ1n) is 10.4. The SMILES string of the molecule is Cc1cc(C)cc(COCC(C(c2ccccc2)c2ccccc2)[N+](C)(C)C)c1. The van der Waals surface area contributed by atoms with Crippen LogP contribution in [-0.2, 0) is 11.3 Å². The Bertz CT molecular complexity index is 837. The monoisotopic (exact) mass is 388 g/mol. The second-order valence-corrected chi connectivity index (χ2v) is 8.99. The van der Waals surface area contributed by atoms with Gasteiger partial charge in [0.25, 0.3) is 0 Å². The highest BCUT2D eigenvalue weighted by molar-refractivity contribution is 5.34. The quantitative estimate of drug-likeness (QED) is 0.448. The summed E-state index contributed by atoms with van der Waals surface area (Å²) in [5.41, 5.74) is 6.51. The van der Waals surface area contributed by atoms with Gasteiger partial charge >= 0.3 is 0 Å². The number of nitrogens with zero attached hydrogens (tertiary/aromatic N) is 1. The van der Waals surface area contributed by atoms with Crippen molar-refractivity contribution in [2.24, 2.45) is 0 Å². The average molecular weight is 389 g/mol. The third-order valence-electron chi connectivity index (χ3n) is 5.54. The number of ether oxygens (including phenoxy) is 1. The van der Waals surface area contributed by atoms with Gasteiger partial charge in [-0.1, -0.05) is 90.0 Å². The summed E-state index contributed by atoms with van der Waals surface area (Å²) in [4.78, 5) is 0. The van der Waals surface area contributed by atoms with Gasteiger partial charge in [-0.05, 0) is 30.5 Å². The van der Waals surface area contributed by atoms with Crippen molar-refractivity contribution in [1.82, 2.24) is 0 Å². The Morgan fingerprint density at radius 3 is 1.66 bits per heavy atom. The Labute approximate surface area is 176 Å². The highest BCUT2D eigenvalue weighted by Gasteiger charge is 2.35. The molecule has 1 atom stereocenters. The molecular weight excluding hydrogens is 354 g/mol. The number of aryl methyl sites for hydroxylation is 2. The second kappa shape index (κ2) is 9.39. The van der Waals surface area contributed by atoms with Crippen molar-refractivity contribution < 1.29 is 9.22 Å². The van der Waals surface area contributed by atoms with Crippen molar-refractivity contribution in [3.63, 3.8) is 0 Å². The minimum Gasteiger partial charge on any atom is -0.371 e. The van der Waals surface area contributed by atoms with Gasteiger partial charge < -0.3 is 9.22 Å². The number of benzene rings is 3. The minimum absolute atomic E-state index is 0.275. The molecule has 2 heteroatoms. The van der Waals surface area contributed by atoms with Crippen LogP contribution in [0.1, 0.15) is 33.7 Å². The van der Waals surface area contributed by atoms with E-state index in [1.165, 1.54) is 27.8 Å². The van der Waals surface area contributed by atoms with Crippen LogP contribution < -0.4 is 0 Å². The molecule has 0 spiro atoms. The first kappa shape index (κ1) is 21.3. The number of likely N-dealkylation sites (N-methyl/N-ethyl adjacent to an activating group) is 1. The van der Waals surface area contributed by atoms with E-state index in [4.69, 9.17) is 4.74 Å². The van der Waals surface area contributed by atoms with Crippen molar-refractivity contribution in [2.45, 2.75) is 32.4 Å². The smallest absolute Gasteiger partial charge is 0.123 e. The van der Waals surface area contributed by atoms with Crippen LogP contribution in [0.5, 0.6) is 0 Å². The van der Waals surface area contributed by atoms with E-state index in [-0.39, 0.29) is 5.92 Å². The predicted octanol–water partition coefficient (Wildman–Crippen LogP) is 5.73. The molecule has 0 radical (unpaired) electrons. The van der Waals surface area contributed by atoms with Crippen molar-refractivity contribution in [2.75, 3.05) is 27.7 Å². The van der Waals surface area contributed by atoms with Gasteiger partial charge in [0.15, 0.2) is 0 Å². The van der Waals surface area contributed by atoms with E-state index in [0.717, 1.165) is 4.48 Å². The molecule has 0 saturated heterocycles. The summed E-state index contributed by atoms with van der Waals surface area (Å²) in [5, 5.41) is 0.